The fourth-order valence-corrected chi connectivity index (χ4v) is 3.26. The van der Waals surface area contributed by atoms with Gasteiger partial charge in [0.15, 0.2) is 0 Å². The molecule has 0 atom stereocenters. The quantitative estimate of drug-likeness (QED) is 0.507. The summed E-state index contributed by atoms with van der Waals surface area (Å²) in [5.74, 6) is 0.308. The van der Waals surface area contributed by atoms with Crippen molar-refractivity contribution in [2.75, 3.05) is 27.4 Å². The molecule has 0 fully saturated rings. The molecule has 0 amide bonds. The van der Waals surface area contributed by atoms with Gasteiger partial charge in [-0.2, -0.15) is 0 Å². The first kappa shape index (κ1) is 21.2. The highest BCUT2D eigenvalue weighted by atomic mass is 16.5. The van der Waals surface area contributed by atoms with Gasteiger partial charge in [-0.15, -0.1) is 0 Å². The molecule has 0 aliphatic heterocycles. The number of hydrogen-bond donors (Lipinski definition) is 4. The molecular weight excluding hydrogens is 348 g/mol. The van der Waals surface area contributed by atoms with E-state index in [0.29, 0.717) is 41.5 Å². The number of aliphatic hydroxyl groups excluding tert-OH is 2. The lowest BCUT2D eigenvalue weighted by atomic mass is 9.94. The maximum atomic E-state index is 10.4. The zero-order valence-electron chi connectivity index (χ0n) is 15.9. The van der Waals surface area contributed by atoms with Crippen LogP contribution in [0.15, 0.2) is 24.3 Å². The highest BCUT2D eigenvalue weighted by Gasteiger charge is 2.13. The zero-order valence-corrected chi connectivity index (χ0v) is 15.9. The number of aromatic hydroxyl groups is 2. The minimum absolute atomic E-state index is 0.0647. The fraction of sp³-hybridized carbons (Fsp3) is 0.429. The number of phenolic OH excluding ortho intramolecular Hbond substituents is 2. The zero-order chi connectivity index (χ0) is 19.8. The lowest BCUT2D eigenvalue weighted by Crippen LogP contribution is -2.02. The summed E-state index contributed by atoms with van der Waals surface area (Å²) in [6, 6.07) is 7.51. The molecule has 0 radical (unpaired) electrons. The summed E-state index contributed by atoms with van der Waals surface area (Å²) >= 11 is 0. The molecule has 6 nitrogen and oxygen atoms in total. The number of hydrogen-bond acceptors (Lipinski definition) is 6. The van der Waals surface area contributed by atoms with Gasteiger partial charge in [0.1, 0.15) is 11.5 Å². The topological polar surface area (TPSA) is 99.4 Å². The van der Waals surface area contributed by atoms with E-state index in [0.717, 1.165) is 11.1 Å². The molecule has 2 aromatic carbocycles. The van der Waals surface area contributed by atoms with E-state index in [9.17, 15) is 20.4 Å². The Morgan fingerprint density at radius 3 is 1.41 bits per heavy atom. The second kappa shape index (κ2) is 10.3. The third-order valence-electron chi connectivity index (χ3n) is 4.43. The number of methoxy groups -OCH3 is 2. The molecule has 0 aromatic heterocycles. The first-order valence-electron chi connectivity index (χ1n) is 8.90. The maximum Gasteiger partial charge on any atom is 0.126 e. The summed E-state index contributed by atoms with van der Waals surface area (Å²) in [5.41, 5.74) is 4.62. The number of rotatable bonds is 10. The lowest BCUT2D eigenvalue weighted by Gasteiger charge is -2.15. The van der Waals surface area contributed by atoms with Crippen molar-refractivity contribution in [1.82, 2.24) is 0 Å². The molecule has 0 unspecified atom stereocenters. The van der Waals surface area contributed by atoms with Crippen LogP contribution in [0.2, 0.25) is 0 Å². The third kappa shape index (κ3) is 5.43. The summed E-state index contributed by atoms with van der Waals surface area (Å²) in [6.45, 7) is 0.449. The average Bonchev–Trinajstić information content (AvgIpc) is 2.63. The molecule has 2 rings (SSSR count). The standard InChI is InChI=1S/C21H28O6/c1-26-12-18-10-15(11-19(13-27-2)21(18)25)7-14-8-16(3-5-22)20(24)17(9-14)4-6-23/h8-11,22-25H,3-7,12-13H2,1-2H3. The Hall–Kier alpha value is -2.12. The van der Waals surface area contributed by atoms with Crippen LogP contribution in [0.4, 0.5) is 0 Å². The van der Waals surface area contributed by atoms with Crippen molar-refractivity contribution in [2.45, 2.75) is 32.5 Å². The summed E-state index contributed by atoms with van der Waals surface area (Å²) in [7, 11) is 3.15. The van der Waals surface area contributed by atoms with Gasteiger partial charge in [-0.1, -0.05) is 12.1 Å². The monoisotopic (exact) mass is 376 g/mol. The highest BCUT2D eigenvalue weighted by molar-refractivity contribution is 5.48. The lowest BCUT2D eigenvalue weighted by molar-refractivity contribution is 0.174. The molecule has 4 N–H and O–H groups in total. The van der Waals surface area contributed by atoms with Crippen LogP contribution in [0.25, 0.3) is 0 Å². The summed E-state index contributed by atoms with van der Waals surface area (Å²) in [5, 5.41) is 39.2. The first-order valence-corrected chi connectivity index (χ1v) is 8.90. The first-order chi connectivity index (χ1) is 13.0. The van der Waals surface area contributed by atoms with Crippen LogP contribution in [0.3, 0.4) is 0 Å². The Morgan fingerprint density at radius 1 is 0.667 bits per heavy atom. The molecular formula is C21H28O6. The van der Waals surface area contributed by atoms with Crippen molar-refractivity contribution in [3.05, 3.63) is 57.6 Å². The van der Waals surface area contributed by atoms with Gasteiger partial charge in [-0.3, -0.25) is 0 Å². The molecule has 2 aromatic rings. The summed E-state index contributed by atoms with van der Waals surface area (Å²) in [4.78, 5) is 0. The minimum atomic E-state index is -0.0647. The Balaban J connectivity index is 2.42. The van der Waals surface area contributed by atoms with Gasteiger partial charge in [0.25, 0.3) is 0 Å². The fourth-order valence-electron chi connectivity index (χ4n) is 3.26. The summed E-state index contributed by atoms with van der Waals surface area (Å²) in [6.07, 6.45) is 1.26. The number of aliphatic hydroxyl groups is 2. The Morgan fingerprint density at radius 2 is 1.04 bits per heavy atom. The second-order valence-corrected chi connectivity index (χ2v) is 6.52. The molecule has 27 heavy (non-hydrogen) atoms. The van der Waals surface area contributed by atoms with Crippen molar-refractivity contribution < 1.29 is 29.9 Å². The normalized spacial score (nSPS) is 11.1. The molecule has 0 heterocycles. The maximum absolute atomic E-state index is 10.4. The third-order valence-corrected chi connectivity index (χ3v) is 4.43. The molecule has 0 saturated heterocycles. The van der Waals surface area contributed by atoms with Crippen LogP contribution in [0.5, 0.6) is 11.5 Å². The van der Waals surface area contributed by atoms with Gasteiger partial charge >= 0.3 is 0 Å². The Kier molecular flexibility index (Phi) is 8.06. The van der Waals surface area contributed by atoms with E-state index in [-0.39, 0.29) is 37.9 Å². The van der Waals surface area contributed by atoms with Crippen LogP contribution < -0.4 is 0 Å². The van der Waals surface area contributed by atoms with E-state index < -0.39 is 0 Å². The predicted molar refractivity (Wildman–Crippen MR) is 102 cm³/mol. The Labute approximate surface area is 159 Å². The molecule has 0 spiro atoms. The smallest absolute Gasteiger partial charge is 0.126 e. The van der Waals surface area contributed by atoms with Gasteiger partial charge < -0.3 is 29.9 Å². The van der Waals surface area contributed by atoms with E-state index in [4.69, 9.17) is 9.47 Å². The minimum Gasteiger partial charge on any atom is -0.507 e. The van der Waals surface area contributed by atoms with Crippen molar-refractivity contribution in [1.29, 1.82) is 0 Å². The number of phenols is 2. The number of benzene rings is 2. The molecule has 0 saturated carbocycles. The van der Waals surface area contributed by atoms with Crippen LogP contribution >= 0.6 is 0 Å². The van der Waals surface area contributed by atoms with Gasteiger partial charge in [0.2, 0.25) is 0 Å². The van der Waals surface area contributed by atoms with Crippen molar-refractivity contribution in [3.63, 3.8) is 0 Å². The molecule has 0 aliphatic carbocycles. The second-order valence-electron chi connectivity index (χ2n) is 6.52. The van der Waals surface area contributed by atoms with Crippen LogP contribution in [0.1, 0.15) is 33.4 Å². The molecule has 148 valence electrons. The van der Waals surface area contributed by atoms with E-state index >= 15 is 0 Å². The van der Waals surface area contributed by atoms with E-state index in [1.165, 1.54) is 0 Å². The van der Waals surface area contributed by atoms with E-state index in [2.05, 4.69) is 0 Å². The van der Waals surface area contributed by atoms with Crippen LogP contribution in [0, 0.1) is 0 Å². The van der Waals surface area contributed by atoms with Crippen molar-refractivity contribution >= 4 is 0 Å². The van der Waals surface area contributed by atoms with Gasteiger partial charge in [-0.05, 0) is 53.6 Å². The van der Waals surface area contributed by atoms with Crippen molar-refractivity contribution in [2.24, 2.45) is 0 Å². The SMILES string of the molecule is COCc1cc(Cc2cc(CCO)c(O)c(CCO)c2)cc(COC)c1O. The summed E-state index contributed by atoms with van der Waals surface area (Å²) < 4.78 is 10.4. The number of ether oxygens (including phenoxy) is 2. The largest absolute Gasteiger partial charge is 0.507 e. The van der Waals surface area contributed by atoms with Crippen LogP contribution in [-0.4, -0.2) is 47.9 Å². The highest BCUT2D eigenvalue weighted by Crippen LogP contribution is 2.30. The molecule has 6 heteroatoms. The average molecular weight is 376 g/mol. The predicted octanol–water partition coefficient (Wildman–Crippen LogP) is 2.05. The molecule has 0 bridgehead atoms. The van der Waals surface area contributed by atoms with Gasteiger partial charge in [0, 0.05) is 38.6 Å². The van der Waals surface area contributed by atoms with Crippen molar-refractivity contribution in [3.8, 4) is 11.5 Å². The van der Waals surface area contributed by atoms with Gasteiger partial charge in [-0.25, -0.2) is 0 Å². The Bertz CT molecular complexity index is 639. The molecule has 0 aliphatic rings. The van der Waals surface area contributed by atoms with Gasteiger partial charge in [0.05, 0.1) is 13.2 Å². The van der Waals surface area contributed by atoms with E-state index in [1.54, 1.807) is 14.2 Å². The van der Waals surface area contributed by atoms with Crippen LogP contribution in [-0.2, 0) is 41.9 Å². The van der Waals surface area contributed by atoms with E-state index in [1.807, 2.05) is 24.3 Å².